The molecule has 88 valence electrons. The monoisotopic (exact) mass is 221 g/mol. The van der Waals surface area contributed by atoms with E-state index >= 15 is 0 Å². The summed E-state index contributed by atoms with van der Waals surface area (Å²) in [6, 6.07) is 4.23. The predicted octanol–water partition coefficient (Wildman–Crippen LogP) is 1.33. The van der Waals surface area contributed by atoms with Gasteiger partial charge in [0.15, 0.2) is 0 Å². The molecule has 2 rings (SSSR count). The van der Waals surface area contributed by atoms with Crippen molar-refractivity contribution in [3.05, 3.63) is 23.9 Å². The van der Waals surface area contributed by atoms with Crippen LogP contribution in [0.15, 0.2) is 18.3 Å². The van der Waals surface area contributed by atoms with Crippen molar-refractivity contribution in [1.82, 2.24) is 4.98 Å². The third-order valence-corrected chi connectivity index (χ3v) is 2.97. The van der Waals surface area contributed by atoms with Gasteiger partial charge in [-0.05, 0) is 18.1 Å². The standard InChI is InChI=1S/C12H19N3O/c1-2-11(13)10-3-4-12(14-9-10)15-5-7-16-8-6-15/h3-4,9,11H,2,5-8,13H2,1H3/t11-/m1/s1. The Balaban J connectivity index is 2.06. The quantitative estimate of drug-likeness (QED) is 0.836. The van der Waals surface area contributed by atoms with Gasteiger partial charge in [0.1, 0.15) is 5.82 Å². The Morgan fingerprint density at radius 1 is 1.44 bits per heavy atom. The zero-order valence-corrected chi connectivity index (χ0v) is 9.72. The maximum absolute atomic E-state index is 5.95. The molecule has 0 saturated carbocycles. The van der Waals surface area contributed by atoms with Gasteiger partial charge in [0, 0.05) is 25.3 Å². The summed E-state index contributed by atoms with van der Waals surface area (Å²) in [6.45, 7) is 5.51. The van der Waals surface area contributed by atoms with Gasteiger partial charge in [-0.3, -0.25) is 0 Å². The molecule has 0 spiro atoms. The second-order valence-electron chi connectivity index (χ2n) is 4.06. The molecule has 1 aromatic rings. The molecule has 4 nitrogen and oxygen atoms in total. The van der Waals surface area contributed by atoms with Crippen LogP contribution in [0.3, 0.4) is 0 Å². The Labute approximate surface area is 96.4 Å². The van der Waals surface area contributed by atoms with Gasteiger partial charge in [-0.15, -0.1) is 0 Å². The van der Waals surface area contributed by atoms with Gasteiger partial charge in [0.05, 0.1) is 13.2 Å². The van der Waals surface area contributed by atoms with Crippen molar-refractivity contribution in [2.45, 2.75) is 19.4 Å². The maximum Gasteiger partial charge on any atom is 0.128 e. The van der Waals surface area contributed by atoms with Gasteiger partial charge >= 0.3 is 0 Å². The average molecular weight is 221 g/mol. The summed E-state index contributed by atoms with van der Waals surface area (Å²) in [7, 11) is 0. The molecule has 0 aromatic carbocycles. The number of hydrogen-bond acceptors (Lipinski definition) is 4. The number of aromatic nitrogens is 1. The first-order valence-electron chi connectivity index (χ1n) is 5.85. The molecule has 1 aliphatic rings. The fourth-order valence-corrected chi connectivity index (χ4v) is 1.83. The van der Waals surface area contributed by atoms with E-state index in [1.807, 2.05) is 6.20 Å². The number of anilines is 1. The average Bonchev–Trinajstić information content (AvgIpc) is 2.39. The zero-order chi connectivity index (χ0) is 11.4. The molecular weight excluding hydrogens is 202 g/mol. The number of hydrogen-bond donors (Lipinski definition) is 1. The van der Waals surface area contributed by atoms with Crippen molar-refractivity contribution in [1.29, 1.82) is 0 Å². The minimum atomic E-state index is 0.103. The number of nitrogens with zero attached hydrogens (tertiary/aromatic N) is 2. The highest BCUT2D eigenvalue weighted by Crippen LogP contribution is 2.17. The Bertz CT molecular complexity index is 320. The molecule has 2 heterocycles. The molecule has 2 N–H and O–H groups in total. The third kappa shape index (κ3) is 2.51. The van der Waals surface area contributed by atoms with Gasteiger partial charge < -0.3 is 15.4 Å². The first-order chi connectivity index (χ1) is 7.81. The molecule has 1 fully saturated rings. The van der Waals surface area contributed by atoms with Crippen molar-refractivity contribution >= 4 is 5.82 Å². The van der Waals surface area contributed by atoms with E-state index in [9.17, 15) is 0 Å². The minimum Gasteiger partial charge on any atom is -0.378 e. The Kier molecular flexibility index (Phi) is 3.74. The Morgan fingerprint density at radius 3 is 2.75 bits per heavy atom. The van der Waals surface area contributed by atoms with Crippen LogP contribution in [-0.4, -0.2) is 31.3 Å². The van der Waals surface area contributed by atoms with E-state index in [4.69, 9.17) is 10.5 Å². The van der Waals surface area contributed by atoms with E-state index in [1.54, 1.807) is 0 Å². The number of nitrogens with two attached hydrogens (primary N) is 1. The van der Waals surface area contributed by atoms with Crippen LogP contribution < -0.4 is 10.6 Å². The van der Waals surface area contributed by atoms with Crippen molar-refractivity contribution in [2.24, 2.45) is 5.73 Å². The maximum atomic E-state index is 5.95. The minimum absolute atomic E-state index is 0.103. The summed E-state index contributed by atoms with van der Waals surface area (Å²) in [4.78, 5) is 6.70. The van der Waals surface area contributed by atoms with Gasteiger partial charge in [-0.2, -0.15) is 0 Å². The molecule has 0 bridgehead atoms. The molecule has 4 heteroatoms. The lowest BCUT2D eigenvalue weighted by Crippen LogP contribution is -2.36. The lowest BCUT2D eigenvalue weighted by Gasteiger charge is -2.27. The molecule has 0 amide bonds. The van der Waals surface area contributed by atoms with Crippen LogP contribution in [0.25, 0.3) is 0 Å². The number of rotatable bonds is 3. The molecule has 0 aliphatic carbocycles. The van der Waals surface area contributed by atoms with Gasteiger partial charge in [-0.25, -0.2) is 4.98 Å². The van der Waals surface area contributed by atoms with Crippen LogP contribution >= 0.6 is 0 Å². The highest BCUT2D eigenvalue weighted by molar-refractivity contribution is 5.40. The van der Waals surface area contributed by atoms with Crippen LogP contribution in [0, 0.1) is 0 Å². The van der Waals surface area contributed by atoms with E-state index in [0.717, 1.165) is 44.1 Å². The molecule has 16 heavy (non-hydrogen) atoms. The van der Waals surface area contributed by atoms with Crippen molar-refractivity contribution in [3.63, 3.8) is 0 Å². The van der Waals surface area contributed by atoms with E-state index < -0.39 is 0 Å². The highest BCUT2D eigenvalue weighted by atomic mass is 16.5. The summed E-state index contributed by atoms with van der Waals surface area (Å²) in [5.41, 5.74) is 7.06. The van der Waals surface area contributed by atoms with E-state index in [0.29, 0.717) is 0 Å². The van der Waals surface area contributed by atoms with Crippen LogP contribution in [0.1, 0.15) is 24.9 Å². The molecule has 1 atom stereocenters. The summed E-state index contributed by atoms with van der Waals surface area (Å²) in [5.74, 6) is 1.02. The smallest absolute Gasteiger partial charge is 0.128 e. The zero-order valence-electron chi connectivity index (χ0n) is 9.72. The number of morpholine rings is 1. The SMILES string of the molecule is CC[C@@H](N)c1ccc(N2CCOCC2)nc1. The first kappa shape index (κ1) is 11.4. The molecular formula is C12H19N3O. The van der Waals surface area contributed by atoms with Crippen LogP contribution in [0.5, 0.6) is 0 Å². The molecule has 1 saturated heterocycles. The van der Waals surface area contributed by atoms with Crippen LogP contribution in [-0.2, 0) is 4.74 Å². The summed E-state index contributed by atoms with van der Waals surface area (Å²) in [5, 5.41) is 0. The topological polar surface area (TPSA) is 51.4 Å². The van der Waals surface area contributed by atoms with Crippen LogP contribution in [0.2, 0.25) is 0 Å². The number of ether oxygens (including phenoxy) is 1. The lowest BCUT2D eigenvalue weighted by atomic mass is 10.1. The largest absolute Gasteiger partial charge is 0.378 e. The van der Waals surface area contributed by atoms with E-state index in [2.05, 4.69) is 28.9 Å². The van der Waals surface area contributed by atoms with Gasteiger partial charge in [-0.1, -0.05) is 13.0 Å². The van der Waals surface area contributed by atoms with Crippen molar-refractivity contribution in [3.8, 4) is 0 Å². The van der Waals surface area contributed by atoms with Crippen molar-refractivity contribution in [2.75, 3.05) is 31.2 Å². The van der Waals surface area contributed by atoms with E-state index in [-0.39, 0.29) is 6.04 Å². The predicted molar refractivity (Wildman–Crippen MR) is 64.5 cm³/mol. The molecule has 1 aromatic heterocycles. The molecule has 0 radical (unpaired) electrons. The summed E-state index contributed by atoms with van der Waals surface area (Å²) < 4.78 is 5.31. The Morgan fingerprint density at radius 2 is 2.19 bits per heavy atom. The van der Waals surface area contributed by atoms with Crippen molar-refractivity contribution < 1.29 is 4.74 Å². The molecule has 1 aliphatic heterocycles. The molecule has 0 unspecified atom stereocenters. The normalized spacial score (nSPS) is 18.5. The second kappa shape index (κ2) is 5.27. The second-order valence-corrected chi connectivity index (χ2v) is 4.06. The first-order valence-corrected chi connectivity index (χ1v) is 5.85. The third-order valence-electron chi connectivity index (χ3n) is 2.97. The Hall–Kier alpha value is -1.13. The van der Waals surface area contributed by atoms with E-state index in [1.165, 1.54) is 0 Å². The summed E-state index contributed by atoms with van der Waals surface area (Å²) >= 11 is 0. The number of pyridine rings is 1. The van der Waals surface area contributed by atoms with Gasteiger partial charge in [0.2, 0.25) is 0 Å². The fraction of sp³-hybridized carbons (Fsp3) is 0.583. The summed E-state index contributed by atoms with van der Waals surface area (Å²) in [6.07, 6.45) is 2.83. The lowest BCUT2D eigenvalue weighted by molar-refractivity contribution is 0.122. The highest BCUT2D eigenvalue weighted by Gasteiger charge is 2.12. The van der Waals surface area contributed by atoms with Crippen LogP contribution in [0.4, 0.5) is 5.82 Å². The van der Waals surface area contributed by atoms with Gasteiger partial charge in [0.25, 0.3) is 0 Å². The fourth-order valence-electron chi connectivity index (χ4n) is 1.83.